The molecule has 0 aliphatic carbocycles. The van der Waals surface area contributed by atoms with E-state index in [0.29, 0.717) is 0 Å². The van der Waals surface area contributed by atoms with Crippen molar-refractivity contribution in [2.24, 2.45) is 10.3 Å². The lowest BCUT2D eigenvalue weighted by Gasteiger charge is -2.22. The predicted octanol–water partition coefficient (Wildman–Crippen LogP) is -3.76. The average Bonchev–Trinajstić information content (AvgIpc) is 2.19. The van der Waals surface area contributed by atoms with E-state index in [2.05, 4.69) is 15.0 Å². The molecule has 0 amide bonds. The summed E-state index contributed by atoms with van der Waals surface area (Å²) >= 11 is 0. The summed E-state index contributed by atoms with van der Waals surface area (Å²) in [5.74, 6) is 0. The Kier molecular flexibility index (Phi) is 6.59. The smallest absolute Gasteiger partial charge is 0.319 e. The van der Waals surface area contributed by atoms with Crippen molar-refractivity contribution >= 4 is 20.0 Å². The highest BCUT2D eigenvalue weighted by molar-refractivity contribution is 8.08. The third-order valence-corrected chi connectivity index (χ3v) is 5.19. The lowest BCUT2D eigenvalue weighted by Crippen LogP contribution is -2.56. The summed E-state index contributed by atoms with van der Waals surface area (Å²) in [4.78, 5) is 0. The largest absolute Gasteiger partial charge is 0.394 e. The highest BCUT2D eigenvalue weighted by Gasteiger charge is 2.51. The summed E-state index contributed by atoms with van der Waals surface area (Å²) in [6.07, 6.45) is 0. The normalized spacial score (nSPS) is 13.8. The van der Waals surface area contributed by atoms with Crippen LogP contribution in [-0.4, -0.2) is 64.3 Å². The Morgan fingerprint density at radius 1 is 0.944 bits per heavy atom. The van der Waals surface area contributed by atoms with Crippen molar-refractivity contribution in [3.63, 3.8) is 0 Å². The minimum absolute atomic E-state index is 0.0358. The van der Waals surface area contributed by atoms with Crippen molar-refractivity contribution in [3.8, 4) is 0 Å². The first kappa shape index (κ1) is 17.7. The molecule has 0 spiro atoms. The molecule has 10 nitrogen and oxygen atoms in total. The second kappa shape index (κ2) is 6.72. The van der Waals surface area contributed by atoms with Crippen LogP contribution in [-0.2, 0) is 29.5 Å². The van der Waals surface area contributed by atoms with Gasteiger partial charge >= 0.3 is 4.27 Å². The molecule has 0 saturated heterocycles. The van der Waals surface area contributed by atoms with Crippen molar-refractivity contribution in [2.75, 3.05) is 33.0 Å². The van der Waals surface area contributed by atoms with E-state index >= 15 is 0 Å². The maximum Gasteiger partial charge on any atom is 0.319 e. The van der Waals surface area contributed by atoms with Crippen LogP contribution >= 0.6 is 0 Å². The molecular weight excluding hydrogens is 292 g/mol. The Hall–Kier alpha value is -0.340. The van der Waals surface area contributed by atoms with Crippen LogP contribution in [0.5, 0.6) is 0 Å². The van der Waals surface area contributed by atoms with Crippen LogP contribution in [0.15, 0.2) is 0 Å². The Morgan fingerprint density at radius 2 is 1.39 bits per heavy atom. The summed E-state index contributed by atoms with van der Waals surface area (Å²) in [5, 5.41) is 27.0. The summed E-state index contributed by atoms with van der Waals surface area (Å²) in [6, 6.07) is 0. The van der Waals surface area contributed by atoms with Gasteiger partial charge in [-0.15, -0.1) is 0 Å². The molecule has 0 aliphatic heterocycles. The fourth-order valence-electron chi connectivity index (χ4n) is 0.812. The highest BCUT2D eigenvalue weighted by atomic mass is 32.3. The predicted molar refractivity (Wildman–Crippen MR) is 59.9 cm³/mol. The van der Waals surface area contributed by atoms with Crippen LogP contribution in [0, 0.1) is 0 Å². The molecule has 0 heterocycles. The second-order valence-corrected chi connectivity index (χ2v) is 6.98. The molecule has 0 aromatic heterocycles. The van der Waals surface area contributed by atoms with Crippen LogP contribution in [0.2, 0.25) is 0 Å². The lowest BCUT2D eigenvalue weighted by atomic mass is 10.7. The highest BCUT2D eigenvalue weighted by Crippen LogP contribution is 2.16. The summed E-state index contributed by atoms with van der Waals surface area (Å²) < 4.78 is 49.9. The van der Waals surface area contributed by atoms with E-state index in [9.17, 15) is 21.9 Å². The van der Waals surface area contributed by atoms with Crippen molar-refractivity contribution < 1.29 is 36.5 Å². The van der Waals surface area contributed by atoms with E-state index in [1.165, 1.54) is 0 Å². The molecule has 6 N–H and O–H groups in total. The SMILES string of the molecule is NS(=O)(=O)C(O)(COCCOCCO)S(N)(=O)=O. The van der Waals surface area contributed by atoms with E-state index in [0.717, 1.165) is 0 Å². The number of hydrogen-bond donors (Lipinski definition) is 4. The first-order chi connectivity index (χ1) is 8.06. The molecule has 0 aliphatic rings. The molecule has 0 radical (unpaired) electrons. The third kappa shape index (κ3) is 4.74. The summed E-state index contributed by atoms with van der Waals surface area (Å²) in [5.41, 5.74) is 0. The first-order valence-electron chi connectivity index (χ1n) is 4.59. The van der Waals surface area contributed by atoms with Crippen LogP contribution in [0.1, 0.15) is 0 Å². The van der Waals surface area contributed by atoms with Crippen molar-refractivity contribution in [3.05, 3.63) is 0 Å². The molecule has 12 heteroatoms. The second-order valence-electron chi connectivity index (χ2n) is 3.19. The number of sulfonamides is 2. The van der Waals surface area contributed by atoms with E-state index < -0.39 is 30.9 Å². The standard InChI is InChI=1S/C6H16N2O8S2/c7-17(11,12)6(10,18(8,13)14)5-16-4-3-15-2-1-9/h9-10H,1-5H2,(H2,7,11,12)(H2,8,13,14). The molecule has 0 aromatic carbocycles. The van der Waals surface area contributed by atoms with Crippen molar-refractivity contribution in [2.45, 2.75) is 4.27 Å². The topological polar surface area (TPSA) is 179 Å². The molecule has 0 rings (SSSR count). The fourth-order valence-corrected chi connectivity index (χ4v) is 2.60. The van der Waals surface area contributed by atoms with Gasteiger partial charge in [0.25, 0.3) is 20.0 Å². The Morgan fingerprint density at radius 3 is 1.78 bits per heavy atom. The van der Waals surface area contributed by atoms with Gasteiger partial charge in [0.15, 0.2) is 0 Å². The van der Waals surface area contributed by atoms with Gasteiger partial charge in [-0.1, -0.05) is 0 Å². The minimum Gasteiger partial charge on any atom is -0.394 e. The van der Waals surface area contributed by atoms with Crippen LogP contribution < -0.4 is 10.3 Å². The fraction of sp³-hybridized carbons (Fsp3) is 1.00. The Labute approximate surface area is 105 Å². The van der Waals surface area contributed by atoms with Gasteiger partial charge < -0.3 is 19.7 Å². The number of ether oxygens (including phenoxy) is 2. The number of hydrogen-bond acceptors (Lipinski definition) is 8. The van der Waals surface area contributed by atoms with Gasteiger partial charge in [0.05, 0.1) is 26.4 Å². The minimum atomic E-state index is -4.88. The molecule has 0 fully saturated rings. The van der Waals surface area contributed by atoms with Gasteiger partial charge in [-0.25, -0.2) is 27.1 Å². The maximum absolute atomic E-state index is 11.0. The van der Waals surface area contributed by atoms with Crippen LogP contribution in [0.3, 0.4) is 0 Å². The molecule has 0 aromatic rings. The van der Waals surface area contributed by atoms with Gasteiger partial charge in [0.1, 0.15) is 6.61 Å². The molecule has 0 saturated carbocycles. The number of aliphatic hydroxyl groups excluding tert-OH is 1. The number of primary sulfonamides is 2. The van der Waals surface area contributed by atoms with Crippen LogP contribution in [0.4, 0.5) is 0 Å². The number of rotatable bonds is 9. The molecule has 110 valence electrons. The quantitative estimate of drug-likeness (QED) is 0.313. The van der Waals surface area contributed by atoms with Crippen LogP contribution in [0.25, 0.3) is 0 Å². The monoisotopic (exact) mass is 308 g/mol. The average molecular weight is 308 g/mol. The zero-order valence-corrected chi connectivity index (χ0v) is 11.0. The molecule has 0 bridgehead atoms. The van der Waals surface area contributed by atoms with E-state index in [1.807, 2.05) is 0 Å². The lowest BCUT2D eigenvalue weighted by molar-refractivity contribution is 0.00585. The molecule has 0 unspecified atom stereocenters. The maximum atomic E-state index is 11.0. The molecular formula is C6H16N2O8S2. The number of nitrogens with two attached hydrogens (primary N) is 2. The van der Waals surface area contributed by atoms with E-state index in [4.69, 9.17) is 9.84 Å². The molecule has 18 heavy (non-hydrogen) atoms. The Bertz CT molecular complexity index is 412. The first-order valence-corrected chi connectivity index (χ1v) is 7.69. The molecule has 0 atom stereocenters. The van der Waals surface area contributed by atoms with E-state index in [1.54, 1.807) is 0 Å². The van der Waals surface area contributed by atoms with Crippen molar-refractivity contribution in [1.82, 2.24) is 0 Å². The third-order valence-electron chi connectivity index (χ3n) is 1.78. The van der Waals surface area contributed by atoms with Gasteiger partial charge in [0.2, 0.25) is 0 Å². The zero-order chi connectivity index (χ0) is 14.4. The van der Waals surface area contributed by atoms with Crippen molar-refractivity contribution in [1.29, 1.82) is 0 Å². The van der Waals surface area contributed by atoms with Gasteiger partial charge in [-0.2, -0.15) is 0 Å². The number of aliphatic hydroxyl groups is 2. The van der Waals surface area contributed by atoms with Gasteiger partial charge in [0, 0.05) is 0 Å². The zero-order valence-electron chi connectivity index (χ0n) is 9.35. The van der Waals surface area contributed by atoms with Gasteiger partial charge in [-0.3, -0.25) is 0 Å². The summed E-state index contributed by atoms with van der Waals surface area (Å²) in [6.45, 7) is -1.57. The Balaban J connectivity index is 4.50. The van der Waals surface area contributed by atoms with Gasteiger partial charge in [-0.05, 0) is 0 Å². The summed E-state index contributed by atoms with van der Waals surface area (Å²) in [7, 11) is -9.77. The van der Waals surface area contributed by atoms with E-state index in [-0.39, 0.29) is 26.4 Å².